The molecule has 2 aromatic carbocycles. The Balaban J connectivity index is 1.56. The molecule has 27 heavy (non-hydrogen) atoms. The number of nitrogens with one attached hydrogen (secondary N) is 1. The third kappa shape index (κ3) is 4.92. The fraction of sp³-hybridized carbons (Fsp3) is 0.381. The second kappa shape index (κ2) is 8.77. The van der Waals surface area contributed by atoms with Gasteiger partial charge in [0.2, 0.25) is 5.91 Å². The maximum atomic E-state index is 12.4. The largest absolute Gasteiger partial charge is 0.497 e. The molecule has 1 amide bonds. The lowest BCUT2D eigenvalue weighted by Crippen LogP contribution is -2.38. The van der Waals surface area contributed by atoms with Crippen LogP contribution >= 0.6 is 0 Å². The van der Waals surface area contributed by atoms with Crippen molar-refractivity contribution in [1.29, 1.82) is 0 Å². The second-order valence-electron chi connectivity index (χ2n) is 6.79. The Labute approximate surface area is 160 Å². The van der Waals surface area contributed by atoms with Crippen LogP contribution in [0.3, 0.4) is 0 Å². The van der Waals surface area contributed by atoms with Gasteiger partial charge < -0.3 is 25.4 Å². The van der Waals surface area contributed by atoms with E-state index in [1.807, 2.05) is 48.5 Å². The van der Waals surface area contributed by atoms with Crippen molar-refractivity contribution in [3.8, 4) is 11.5 Å². The number of carbonyl (C=O) groups is 1. The molecule has 6 nitrogen and oxygen atoms in total. The number of nitrogens with zero attached hydrogens (tertiary/aromatic N) is 1. The molecule has 6 heteroatoms. The van der Waals surface area contributed by atoms with E-state index in [1.165, 1.54) is 0 Å². The van der Waals surface area contributed by atoms with Crippen LogP contribution in [0.15, 0.2) is 48.5 Å². The lowest BCUT2D eigenvalue weighted by atomic mass is 10.0. The van der Waals surface area contributed by atoms with Crippen LogP contribution in [0.5, 0.6) is 11.5 Å². The second-order valence-corrected chi connectivity index (χ2v) is 6.79. The normalized spacial score (nSPS) is 17.4. The average Bonchev–Trinajstić information content (AvgIpc) is 3.16. The smallest absolute Gasteiger partial charge is 0.222 e. The molecule has 0 aromatic heterocycles. The number of hydrogen-bond acceptors (Lipinski definition) is 5. The Kier molecular flexibility index (Phi) is 6.19. The molecule has 1 saturated heterocycles. The van der Waals surface area contributed by atoms with Crippen LogP contribution in [-0.4, -0.2) is 39.3 Å². The van der Waals surface area contributed by atoms with Crippen molar-refractivity contribution in [3.63, 3.8) is 0 Å². The monoisotopic (exact) mass is 369 g/mol. The summed E-state index contributed by atoms with van der Waals surface area (Å²) in [6.45, 7) is 1.62. The molecule has 1 aliphatic heterocycles. The zero-order chi connectivity index (χ0) is 19.2. The molecule has 3 rings (SSSR count). The molecule has 0 radical (unpaired) electrons. The van der Waals surface area contributed by atoms with E-state index in [9.17, 15) is 4.79 Å². The molecule has 0 spiro atoms. The van der Waals surface area contributed by atoms with Crippen molar-refractivity contribution < 1.29 is 14.3 Å². The predicted octanol–water partition coefficient (Wildman–Crippen LogP) is 2.49. The summed E-state index contributed by atoms with van der Waals surface area (Å²) in [6.07, 6.45) is 1.18. The van der Waals surface area contributed by atoms with E-state index < -0.39 is 0 Å². The molecule has 144 valence electrons. The Morgan fingerprint density at radius 3 is 2.48 bits per heavy atom. The third-order valence-corrected chi connectivity index (χ3v) is 4.89. The molecule has 0 bridgehead atoms. The van der Waals surface area contributed by atoms with Gasteiger partial charge in [-0.2, -0.15) is 0 Å². The highest BCUT2D eigenvalue weighted by atomic mass is 16.5. The van der Waals surface area contributed by atoms with Crippen LogP contribution < -0.4 is 25.4 Å². The summed E-state index contributed by atoms with van der Waals surface area (Å²) in [5, 5.41) is 3.11. The van der Waals surface area contributed by atoms with Crippen molar-refractivity contribution in [2.45, 2.75) is 24.9 Å². The average molecular weight is 369 g/mol. The Morgan fingerprint density at radius 2 is 1.85 bits per heavy atom. The van der Waals surface area contributed by atoms with E-state index in [0.29, 0.717) is 0 Å². The third-order valence-electron chi connectivity index (χ3n) is 4.89. The van der Waals surface area contributed by atoms with Gasteiger partial charge in [0, 0.05) is 55.5 Å². The molecule has 2 aromatic rings. The first-order valence-electron chi connectivity index (χ1n) is 9.17. The lowest BCUT2D eigenvalue weighted by Gasteiger charge is -2.21. The number of anilines is 1. The van der Waals surface area contributed by atoms with E-state index in [1.54, 1.807) is 14.2 Å². The molecule has 2 atom stereocenters. The van der Waals surface area contributed by atoms with Crippen LogP contribution in [0.4, 0.5) is 5.69 Å². The highest BCUT2D eigenvalue weighted by Gasteiger charge is 2.25. The van der Waals surface area contributed by atoms with Crippen molar-refractivity contribution in [2.24, 2.45) is 5.73 Å². The summed E-state index contributed by atoms with van der Waals surface area (Å²) in [5.74, 6) is 1.50. The van der Waals surface area contributed by atoms with Gasteiger partial charge >= 0.3 is 0 Å². The van der Waals surface area contributed by atoms with Gasteiger partial charge in [0.05, 0.1) is 14.2 Å². The Hall–Kier alpha value is -2.73. The highest BCUT2D eigenvalue weighted by Crippen LogP contribution is 2.30. The molecule has 0 aliphatic carbocycles. The molecule has 1 heterocycles. The first-order chi connectivity index (χ1) is 13.1. The maximum Gasteiger partial charge on any atom is 0.222 e. The molecule has 2 unspecified atom stereocenters. The number of ether oxygens (including phenoxy) is 2. The Bertz CT molecular complexity index is 744. The minimum atomic E-state index is -0.286. The first-order valence-corrected chi connectivity index (χ1v) is 9.17. The van der Waals surface area contributed by atoms with E-state index in [2.05, 4.69) is 10.2 Å². The molecule has 3 N–H and O–H groups in total. The summed E-state index contributed by atoms with van der Waals surface area (Å²) in [4.78, 5) is 14.6. The van der Waals surface area contributed by atoms with Crippen LogP contribution in [0.1, 0.15) is 24.4 Å². The van der Waals surface area contributed by atoms with Crippen LogP contribution in [0, 0.1) is 0 Å². The quantitative estimate of drug-likeness (QED) is 0.784. The number of benzene rings is 2. The van der Waals surface area contributed by atoms with E-state index in [4.69, 9.17) is 15.2 Å². The van der Waals surface area contributed by atoms with E-state index >= 15 is 0 Å². The number of rotatable bonds is 7. The van der Waals surface area contributed by atoms with Crippen LogP contribution in [-0.2, 0) is 4.79 Å². The van der Waals surface area contributed by atoms with Gasteiger partial charge in [0.25, 0.3) is 0 Å². The molecular weight excluding hydrogens is 342 g/mol. The van der Waals surface area contributed by atoms with Crippen molar-refractivity contribution >= 4 is 11.6 Å². The minimum Gasteiger partial charge on any atom is -0.497 e. The first kappa shape index (κ1) is 19.0. The summed E-state index contributed by atoms with van der Waals surface area (Å²) >= 11 is 0. The number of carbonyl (C=O) groups excluding carboxylic acids is 1. The zero-order valence-electron chi connectivity index (χ0n) is 15.9. The minimum absolute atomic E-state index is 0.0126. The van der Waals surface area contributed by atoms with Crippen molar-refractivity contribution in [1.82, 2.24) is 5.32 Å². The van der Waals surface area contributed by atoms with Gasteiger partial charge in [-0.15, -0.1) is 0 Å². The molecular formula is C21H27N3O3. The summed E-state index contributed by atoms with van der Waals surface area (Å²) in [7, 11) is 3.28. The van der Waals surface area contributed by atoms with E-state index in [0.717, 1.165) is 42.3 Å². The number of hydrogen-bond donors (Lipinski definition) is 2. The predicted molar refractivity (Wildman–Crippen MR) is 106 cm³/mol. The van der Waals surface area contributed by atoms with Gasteiger partial charge in [-0.25, -0.2) is 0 Å². The molecule has 1 fully saturated rings. The summed E-state index contributed by atoms with van der Waals surface area (Å²) in [5.41, 5.74) is 8.16. The van der Waals surface area contributed by atoms with Gasteiger partial charge in [0.1, 0.15) is 11.5 Å². The van der Waals surface area contributed by atoms with Gasteiger partial charge in [0.15, 0.2) is 0 Å². The number of nitrogens with two attached hydrogens (primary N) is 1. The zero-order valence-corrected chi connectivity index (χ0v) is 15.9. The Morgan fingerprint density at radius 1 is 1.19 bits per heavy atom. The summed E-state index contributed by atoms with van der Waals surface area (Å²) in [6, 6.07) is 15.4. The topological polar surface area (TPSA) is 76.8 Å². The van der Waals surface area contributed by atoms with Crippen molar-refractivity contribution in [2.75, 3.05) is 32.2 Å². The standard InChI is InChI=1S/C21H27N3O3/c1-26-18-10-17(11-19(12-18)27-2)24-9-8-16(14-24)23-21(25)13-20(22)15-6-4-3-5-7-15/h3-7,10-12,16,20H,8-9,13-14,22H2,1-2H3,(H,23,25). The fourth-order valence-corrected chi connectivity index (χ4v) is 3.39. The SMILES string of the molecule is COc1cc(OC)cc(N2CCC(NC(=O)CC(N)c3ccccc3)C2)c1. The van der Waals surface area contributed by atoms with Crippen LogP contribution in [0.2, 0.25) is 0 Å². The van der Waals surface area contributed by atoms with Crippen LogP contribution in [0.25, 0.3) is 0 Å². The van der Waals surface area contributed by atoms with Crippen molar-refractivity contribution in [3.05, 3.63) is 54.1 Å². The van der Waals surface area contributed by atoms with E-state index in [-0.39, 0.29) is 24.4 Å². The van der Waals surface area contributed by atoms with Gasteiger partial charge in [-0.1, -0.05) is 30.3 Å². The van der Waals surface area contributed by atoms with Gasteiger partial charge in [-0.3, -0.25) is 4.79 Å². The van der Waals surface area contributed by atoms with Gasteiger partial charge in [-0.05, 0) is 12.0 Å². The fourth-order valence-electron chi connectivity index (χ4n) is 3.39. The molecule has 1 aliphatic rings. The summed E-state index contributed by atoms with van der Waals surface area (Å²) < 4.78 is 10.7. The maximum absolute atomic E-state index is 12.4. The number of methoxy groups -OCH3 is 2. The highest BCUT2D eigenvalue weighted by molar-refractivity contribution is 5.77. The number of amides is 1. The molecule has 0 saturated carbocycles. The lowest BCUT2D eigenvalue weighted by molar-refractivity contribution is -0.122.